The Labute approximate surface area is 56.0 Å². The summed E-state index contributed by atoms with van der Waals surface area (Å²) in [7, 11) is 0. The Bertz CT molecular complexity index is 107. The van der Waals surface area contributed by atoms with Crippen molar-refractivity contribution in [2.45, 2.75) is 13.3 Å². The fourth-order valence-corrected chi connectivity index (χ4v) is 0.413. The van der Waals surface area contributed by atoms with E-state index in [0.29, 0.717) is 5.76 Å². The van der Waals surface area contributed by atoms with E-state index in [4.69, 9.17) is 4.74 Å². The Morgan fingerprint density at radius 2 is 2.44 bits per heavy atom. The lowest BCUT2D eigenvalue weighted by Gasteiger charge is -2.00. The molecular weight excluding hydrogens is 114 g/mol. The average Bonchev–Trinajstić information content (AvgIpc) is 1.85. The number of allylic oxidation sites excluding steroid dienone is 1. The summed E-state index contributed by atoms with van der Waals surface area (Å²) in [4.78, 5) is 0. The summed E-state index contributed by atoms with van der Waals surface area (Å²) in [5.74, 6) is 0.687. The first kappa shape index (κ1) is 8.24. The predicted octanol–water partition coefficient (Wildman–Crippen LogP) is 0.682. The summed E-state index contributed by atoms with van der Waals surface area (Å²) < 4.78 is 5.11. The Morgan fingerprint density at radius 1 is 1.78 bits per heavy atom. The Hall–Kier alpha value is -0.760. The van der Waals surface area contributed by atoms with E-state index in [1.54, 1.807) is 12.3 Å². The summed E-state index contributed by atoms with van der Waals surface area (Å²) in [6.07, 6.45) is 4.43. The molecule has 0 aromatic heterocycles. The molecule has 0 spiro atoms. The molecule has 0 bridgehead atoms. The maximum absolute atomic E-state index is 5.11. The molecule has 0 fully saturated rings. The lowest BCUT2D eigenvalue weighted by Crippen LogP contribution is -2.39. The molecule has 0 rings (SSSR count). The van der Waals surface area contributed by atoms with E-state index in [1.165, 1.54) is 0 Å². The van der Waals surface area contributed by atoms with E-state index in [-0.39, 0.29) is 0 Å². The van der Waals surface area contributed by atoms with E-state index >= 15 is 0 Å². The van der Waals surface area contributed by atoms with Gasteiger partial charge in [0.1, 0.15) is 5.76 Å². The molecule has 0 aliphatic rings. The quantitative estimate of drug-likeness (QED) is 0.439. The van der Waals surface area contributed by atoms with Crippen LogP contribution in [0.15, 0.2) is 24.6 Å². The molecule has 0 radical (unpaired) electrons. The number of ether oxygens (including phenoxy) is 1. The minimum atomic E-state index is 0.687. The molecule has 0 saturated heterocycles. The molecule has 0 amide bonds. The normalized spacial score (nSPS) is 10.0. The van der Waals surface area contributed by atoms with Gasteiger partial charge >= 0.3 is 0 Å². The first-order valence-corrected chi connectivity index (χ1v) is 3.08. The van der Waals surface area contributed by atoms with E-state index in [9.17, 15) is 0 Å². The third-order valence-corrected chi connectivity index (χ3v) is 0.795. The van der Waals surface area contributed by atoms with Crippen LogP contribution in [0.3, 0.4) is 0 Å². The Morgan fingerprint density at radius 3 is 2.89 bits per heavy atom. The van der Waals surface area contributed by atoms with Gasteiger partial charge in [-0.15, -0.1) is 0 Å². The van der Waals surface area contributed by atoms with Crippen LogP contribution in [0.2, 0.25) is 0 Å². The third-order valence-electron chi connectivity index (χ3n) is 0.795. The van der Waals surface area contributed by atoms with Crippen LogP contribution in [0.25, 0.3) is 0 Å². The number of quaternary nitrogens is 1. The summed E-state index contributed by atoms with van der Waals surface area (Å²) in [5, 5.41) is 0. The molecule has 0 saturated carbocycles. The van der Waals surface area contributed by atoms with Gasteiger partial charge in [0.2, 0.25) is 0 Å². The van der Waals surface area contributed by atoms with Crippen molar-refractivity contribution in [3.05, 3.63) is 24.6 Å². The van der Waals surface area contributed by atoms with Crippen molar-refractivity contribution in [1.82, 2.24) is 0 Å². The fraction of sp³-hybridized carbons (Fsp3) is 0.429. The van der Waals surface area contributed by atoms with Crippen LogP contribution in [-0.2, 0) is 4.74 Å². The van der Waals surface area contributed by atoms with Gasteiger partial charge in [-0.1, -0.05) is 13.5 Å². The first-order valence-electron chi connectivity index (χ1n) is 3.08. The average molecular weight is 128 g/mol. The van der Waals surface area contributed by atoms with Crippen molar-refractivity contribution in [3.63, 3.8) is 0 Å². The summed E-state index contributed by atoms with van der Waals surface area (Å²) in [6.45, 7) is 6.43. The first-order chi connectivity index (χ1) is 4.31. The second kappa shape index (κ2) is 5.38. The zero-order chi connectivity index (χ0) is 7.11. The molecule has 0 aromatic carbocycles. The topological polar surface area (TPSA) is 36.9 Å². The van der Waals surface area contributed by atoms with Crippen LogP contribution < -0.4 is 5.73 Å². The van der Waals surface area contributed by atoms with Gasteiger partial charge in [0.05, 0.1) is 12.8 Å². The van der Waals surface area contributed by atoms with Crippen molar-refractivity contribution >= 4 is 0 Å². The van der Waals surface area contributed by atoms with Crippen molar-refractivity contribution in [2.24, 2.45) is 0 Å². The highest BCUT2D eigenvalue weighted by atomic mass is 16.5. The van der Waals surface area contributed by atoms with E-state index in [2.05, 4.69) is 19.2 Å². The molecule has 0 aromatic rings. The SMILES string of the molecule is C=C(C=C[NH3+])OCCC. The van der Waals surface area contributed by atoms with Crippen LogP contribution >= 0.6 is 0 Å². The van der Waals surface area contributed by atoms with Gasteiger partial charge < -0.3 is 10.5 Å². The summed E-state index contributed by atoms with van der Waals surface area (Å²) in [6, 6.07) is 0. The number of hydrogen-bond acceptors (Lipinski definition) is 1. The van der Waals surface area contributed by atoms with Crippen molar-refractivity contribution in [2.75, 3.05) is 6.61 Å². The van der Waals surface area contributed by atoms with Crippen LogP contribution in [0.4, 0.5) is 0 Å². The minimum Gasteiger partial charge on any atom is -0.494 e. The highest BCUT2D eigenvalue weighted by Crippen LogP contribution is 1.94. The molecule has 52 valence electrons. The third kappa shape index (κ3) is 5.11. The highest BCUT2D eigenvalue weighted by Gasteiger charge is 1.84. The van der Waals surface area contributed by atoms with Crippen molar-refractivity contribution < 1.29 is 10.5 Å². The lowest BCUT2D eigenvalue weighted by atomic mass is 10.5. The second-order valence-corrected chi connectivity index (χ2v) is 1.72. The van der Waals surface area contributed by atoms with Crippen LogP contribution in [-0.4, -0.2) is 6.61 Å². The van der Waals surface area contributed by atoms with Crippen LogP contribution in [0, 0.1) is 0 Å². The fourth-order valence-electron chi connectivity index (χ4n) is 0.413. The van der Waals surface area contributed by atoms with Gasteiger partial charge in [0.25, 0.3) is 0 Å². The maximum Gasteiger partial charge on any atom is 0.117 e. The molecular formula is C7H14NO+. The molecule has 2 nitrogen and oxygen atoms in total. The molecule has 9 heavy (non-hydrogen) atoms. The zero-order valence-corrected chi connectivity index (χ0v) is 5.89. The van der Waals surface area contributed by atoms with Gasteiger partial charge in [-0.25, -0.2) is 0 Å². The molecule has 0 unspecified atom stereocenters. The molecule has 0 aliphatic heterocycles. The van der Waals surface area contributed by atoms with E-state index in [1.807, 2.05) is 0 Å². The Balaban J connectivity index is 3.27. The molecule has 0 atom stereocenters. The van der Waals surface area contributed by atoms with Gasteiger partial charge in [-0.3, -0.25) is 0 Å². The molecule has 2 heteroatoms. The summed E-state index contributed by atoms with van der Waals surface area (Å²) >= 11 is 0. The van der Waals surface area contributed by atoms with Gasteiger partial charge in [-0.2, -0.15) is 0 Å². The van der Waals surface area contributed by atoms with E-state index in [0.717, 1.165) is 13.0 Å². The largest absolute Gasteiger partial charge is 0.494 e. The highest BCUT2D eigenvalue weighted by molar-refractivity contribution is 5.03. The van der Waals surface area contributed by atoms with Crippen molar-refractivity contribution in [3.8, 4) is 0 Å². The molecule has 0 aliphatic carbocycles. The molecule has 0 heterocycles. The monoisotopic (exact) mass is 128 g/mol. The van der Waals surface area contributed by atoms with E-state index < -0.39 is 0 Å². The lowest BCUT2D eigenvalue weighted by molar-refractivity contribution is -0.275. The van der Waals surface area contributed by atoms with Gasteiger partial charge in [-0.05, 0) is 6.42 Å². The van der Waals surface area contributed by atoms with Gasteiger partial charge in [0, 0.05) is 6.08 Å². The standard InChI is InChI=1S/C7H13NO/c1-3-6-9-7(2)4-5-8/h4-5H,2-3,6,8H2,1H3/p+1. The van der Waals surface area contributed by atoms with Crippen LogP contribution in [0.5, 0.6) is 0 Å². The number of hydrogen-bond donors (Lipinski definition) is 1. The van der Waals surface area contributed by atoms with Crippen LogP contribution in [0.1, 0.15) is 13.3 Å². The van der Waals surface area contributed by atoms with Gasteiger partial charge in [0.15, 0.2) is 0 Å². The maximum atomic E-state index is 5.11. The summed E-state index contributed by atoms with van der Waals surface area (Å²) in [5.41, 5.74) is 3.51. The Kier molecular flexibility index (Phi) is 4.92. The molecule has 3 N–H and O–H groups in total. The van der Waals surface area contributed by atoms with Crippen molar-refractivity contribution in [1.29, 1.82) is 0 Å². The number of rotatable bonds is 4. The predicted molar refractivity (Wildman–Crippen MR) is 37.4 cm³/mol. The smallest absolute Gasteiger partial charge is 0.117 e. The second-order valence-electron chi connectivity index (χ2n) is 1.72. The minimum absolute atomic E-state index is 0.687. The zero-order valence-electron chi connectivity index (χ0n) is 5.89.